The summed E-state index contributed by atoms with van der Waals surface area (Å²) in [6.07, 6.45) is 3.89. The second kappa shape index (κ2) is 7.81. The molecule has 7 heteroatoms. The minimum atomic E-state index is -0.186. The van der Waals surface area contributed by atoms with Gasteiger partial charge in [-0.3, -0.25) is 9.78 Å². The standard InChI is InChI=1S/C23H23N3O3S/c1-13-9-17(29-14(2)15-3-6-28-7-4-15)11-18-21(13)25-22(26-23(18)27)19-10-16-5-8-30-20(16)12-24-19/h5,8-12,14-15H,3-4,6-7H2,1-2H3,(H,25,26,27)/t14-/m0/s1. The second-order valence-electron chi connectivity index (χ2n) is 7.85. The van der Waals surface area contributed by atoms with E-state index in [1.165, 1.54) is 0 Å². The lowest BCUT2D eigenvalue weighted by Crippen LogP contribution is -2.29. The summed E-state index contributed by atoms with van der Waals surface area (Å²) in [7, 11) is 0. The van der Waals surface area contributed by atoms with Gasteiger partial charge in [0.15, 0.2) is 5.82 Å². The van der Waals surface area contributed by atoms with Gasteiger partial charge in [0.2, 0.25) is 0 Å². The van der Waals surface area contributed by atoms with E-state index >= 15 is 0 Å². The van der Waals surface area contributed by atoms with Crippen molar-refractivity contribution in [2.24, 2.45) is 5.92 Å². The van der Waals surface area contributed by atoms with Crippen molar-refractivity contribution in [3.8, 4) is 17.3 Å². The Labute approximate surface area is 177 Å². The molecule has 1 fully saturated rings. The highest BCUT2D eigenvalue weighted by Crippen LogP contribution is 2.28. The maximum Gasteiger partial charge on any atom is 0.259 e. The highest BCUT2D eigenvalue weighted by atomic mass is 32.1. The Morgan fingerprint density at radius 1 is 1.27 bits per heavy atom. The summed E-state index contributed by atoms with van der Waals surface area (Å²) >= 11 is 1.64. The van der Waals surface area contributed by atoms with E-state index in [-0.39, 0.29) is 11.7 Å². The SMILES string of the molecule is Cc1cc(O[C@@H](C)C2CCOCC2)cc2c(=O)[nH]c(-c3cc4ccsc4cn3)nc12. The Balaban J connectivity index is 1.50. The van der Waals surface area contributed by atoms with Crippen LogP contribution in [0.1, 0.15) is 25.3 Å². The number of nitrogens with zero attached hydrogens (tertiary/aromatic N) is 2. The van der Waals surface area contributed by atoms with E-state index < -0.39 is 0 Å². The molecule has 1 aliphatic rings. The van der Waals surface area contributed by atoms with Crippen LogP contribution in [0.15, 0.2) is 40.6 Å². The summed E-state index contributed by atoms with van der Waals surface area (Å²) in [6, 6.07) is 7.75. The van der Waals surface area contributed by atoms with E-state index in [2.05, 4.69) is 16.9 Å². The molecule has 4 heterocycles. The zero-order valence-electron chi connectivity index (χ0n) is 17.0. The van der Waals surface area contributed by atoms with Crippen molar-refractivity contribution in [3.05, 3.63) is 51.8 Å². The molecule has 1 aliphatic heterocycles. The van der Waals surface area contributed by atoms with Crippen LogP contribution in [-0.2, 0) is 4.74 Å². The van der Waals surface area contributed by atoms with Crippen LogP contribution in [0.4, 0.5) is 0 Å². The lowest BCUT2D eigenvalue weighted by molar-refractivity contribution is 0.0239. The number of aromatic amines is 1. The van der Waals surface area contributed by atoms with E-state index in [4.69, 9.17) is 14.5 Å². The quantitative estimate of drug-likeness (QED) is 0.517. The average molecular weight is 422 g/mol. The van der Waals surface area contributed by atoms with Gasteiger partial charge in [-0.25, -0.2) is 4.98 Å². The molecule has 0 saturated carbocycles. The molecule has 3 aromatic heterocycles. The van der Waals surface area contributed by atoms with Crippen LogP contribution in [0.2, 0.25) is 0 Å². The minimum Gasteiger partial charge on any atom is -0.490 e. The maximum atomic E-state index is 12.9. The lowest BCUT2D eigenvalue weighted by Gasteiger charge is -2.28. The van der Waals surface area contributed by atoms with E-state index in [1.807, 2.05) is 36.7 Å². The molecular formula is C23H23N3O3S. The molecule has 1 aromatic carbocycles. The van der Waals surface area contributed by atoms with Crippen LogP contribution < -0.4 is 10.3 Å². The summed E-state index contributed by atoms with van der Waals surface area (Å²) in [5.74, 6) is 1.65. The number of thiophene rings is 1. The number of hydrogen-bond donors (Lipinski definition) is 1. The molecule has 0 unspecified atom stereocenters. The first-order valence-corrected chi connectivity index (χ1v) is 11.1. The molecule has 0 spiro atoms. The first kappa shape index (κ1) is 19.2. The molecule has 154 valence electrons. The van der Waals surface area contributed by atoms with Gasteiger partial charge in [-0.1, -0.05) is 0 Å². The number of aromatic nitrogens is 3. The molecule has 1 N–H and O–H groups in total. The Kier molecular flexibility index (Phi) is 5.00. The fraction of sp³-hybridized carbons (Fsp3) is 0.348. The van der Waals surface area contributed by atoms with Crippen LogP contribution in [0.5, 0.6) is 5.75 Å². The molecule has 0 amide bonds. The van der Waals surface area contributed by atoms with Crippen molar-refractivity contribution in [1.29, 1.82) is 0 Å². The van der Waals surface area contributed by atoms with Gasteiger partial charge in [0, 0.05) is 19.4 Å². The predicted molar refractivity (Wildman–Crippen MR) is 119 cm³/mol. The number of fused-ring (bicyclic) bond motifs is 2. The lowest BCUT2D eigenvalue weighted by atomic mass is 9.95. The third kappa shape index (κ3) is 3.59. The van der Waals surface area contributed by atoms with Gasteiger partial charge in [-0.05, 0) is 73.2 Å². The highest BCUT2D eigenvalue weighted by molar-refractivity contribution is 7.17. The fourth-order valence-corrected chi connectivity index (χ4v) is 4.80. The van der Waals surface area contributed by atoms with Crippen LogP contribution in [-0.4, -0.2) is 34.3 Å². The molecule has 1 atom stereocenters. The van der Waals surface area contributed by atoms with Gasteiger partial charge in [0.1, 0.15) is 11.4 Å². The number of pyridine rings is 1. The smallest absolute Gasteiger partial charge is 0.259 e. The van der Waals surface area contributed by atoms with E-state index in [1.54, 1.807) is 17.4 Å². The Morgan fingerprint density at radius 3 is 2.93 bits per heavy atom. The molecule has 5 rings (SSSR count). The third-order valence-corrected chi connectivity index (χ3v) is 6.68. The molecule has 0 bridgehead atoms. The first-order chi connectivity index (χ1) is 14.6. The summed E-state index contributed by atoms with van der Waals surface area (Å²) in [5.41, 5.74) is 2.06. The summed E-state index contributed by atoms with van der Waals surface area (Å²) in [5, 5.41) is 3.65. The van der Waals surface area contributed by atoms with Gasteiger partial charge < -0.3 is 14.5 Å². The van der Waals surface area contributed by atoms with Crippen LogP contribution in [0.3, 0.4) is 0 Å². The number of ether oxygens (including phenoxy) is 2. The minimum absolute atomic E-state index is 0.0682. The van der Waals surface area contributed by atoms with Gasteiger partial charge in [0.25, 0.3) is 5.56 Å². The van der Waals surface area contributed by atoms with E-state index in [0.29, 0.717) is 34.1 Å². The number of aryl methyl sites for hydroxylation is 1. The summed E-state index contributed by atoms with van der Waals surface area (Å²) in [6.45, 7) is 5.62. The number of nitrogens with one attached hydrogen (secondary N) is 1. The average Bonchev–Trinajstić information content (AvgIpc) is 3.23. The van der Waals surface area contributed by atoms with E-state index in [9.17, 15) is 4.79 Å². The summed E-state index contributed by atoms with van der Waals surface area (Å²) in [4.78, 5) is 25.0. The van der Waals surface area contributed by atoms with Gasteiger partial charge in [-0.2, -0.15) is 0 Å². The first-order valence-electron chi connectivity index (χ1n) is 10.2. The fourth-order valence-electron chi connectivity index (χ4n) is 4.07. The van der Waals surface area contributed by atoms with Crippen molar-refractivity contribution in [1.82, 2.24) is 15.0 Å². The van der Waals surface area contributed by atoms with Crippen molar-refractivity contribution in [3.63, 3.8) is 0 Å². The molecule has 0 aliphatic carbocycles. The van der Waals surface area contributed by atoms with Gasteiger partial charge >= 0.3 is 0 Å². The molecular weight excluding hydrogens is 398 g/mol. The van der Waals surface area contributed by atoms with Gasteiger partial charge in [0.05, 0.1) is 21.7 Å². The predicted octanol–water partition coefficient (Wildman–Crippen LogP) is 4.70. The molecule has 1 saturated heterocycles. The Morgan fingerprint density at radius 2 is 2.10 bits per heavy atom. The molecule has 30 heavy (non-hydrogen) atoms. The Hall–Kier alpha value is -2.77. The number of H-pyrrole nitrogens is 1. The van der Waals surface area contributed by atoms with Gasteiger partial charge in [-0.15, -0.1) is 11.3 Å². The number of rotatable bonds is 4. The van der Waals surface area contributed by atoms with Crippen LogP contribution in [0.25, 0.3) is 32.5 Å². The highest BCUT2D eigenvalue weighted by Gasteiger charge is 2.22. The number of hydrogen-bond acceptors (Lipinski definition) is 6. The second-order valence-corrected chi connectivity index (χ2v) is 8.80. The third-order valence-electron chi connectivity index (χ3n) is 5.81. The van der Waals surface area contributed by atoms with Crippen LogP contribution in [0, 0.1) is 12.8 Å². The molecule has 4 aromatic rings. The van der Waals surface area contributed by atoms with Crippen molar-refractivity contribution in [2.75, 3.05) is 13.2 Å². The van der Waals surface area contributed by atoms with Crippen molar-refractivity contribution >= 4 is 32.3 Å². The normalized spacial score (nSPS) is 16.2. The molecule has 6 nitrogen and oxygen atoms in total. The Bertz CT molecular complexity index is 1270. The maximum absolute atomic E-state index is 12.9. The molecule has 0 radical (unpaired) electrons. The zero-order chi connectivity index (χ0) is 20.7. The zero-order valence-corrected chi connectivity index (χ0v) is 17.8. The van der Waals surface area contributed by atoms with E-state index in [0.717, 1.165) is 41.7 Å². The van der Waals surface area contributed by atoms with Crippen LogP contribution >= 0.6 is 11.3 Å². The largest absolute Gasteiger partial charge is 0.490 e. The topological polar surface area (TPSA) is 77.1 Å². The van der Waals surface area contributed by atoms with Crippen molar-refractivity contribution < 1.29 is 9.47 Å². The summed E-state index contributed by atoms with van der Waals surface area (Å²) < 4.78 is 12.8. The number of benzene rings is 1. The monoisotopic (exact) mass is 421 g/mol. The van der Waals surface area contributed by atoms with Crippen molar-refractivity contribution in [2.45, 2.75) is 32.8 Å².